The third-order valence-electron chi connectivity index (χ3n) is 5.00. The van der Waals surface area contributed by atoms with Crippen molar-refractivity contribution in [2.45, 2.75) is 31.7 Å². The molecule has 6 heteroatoms. The molecule has 2 aromatic rings. The van der Waals surface area contributed by atoms with E-state index in [9.17, 15) is 14.7 Å². The number of benzene rings is 2. The highest BCUT2D eigenvalue weighted by atomic mass is 16.6. The van der Waals surface area contributed by atoms with Crippen molar-refractivity contribution in [2.24, 2.45) is 0 Å². The summed E-state index contributed by atoms with van der Waals surface area (Å²) in [5.74, 6) is -0.380. The molecule has 6 nitrogen and oxygen atoms in total. The fraction of sp³-hybridized carbons (Fsp3) is 0.261. The number of carbonyl (C=O) groups excluding carboxylic acids is 2. The molecule has 29 heavy (non-hydrogen) atoms. The van der Waals surface area contributed by atoms with Crippen LogP contribution in [0.25, 0.3) is 0 Å². The van der Waals surface area contributed by atoms with Crippen molar-refractivity contribution in [3.05, 3.63) is 83.6 Å². The lowest BCUT2D eigenvalue weighted by atomic mass is 9.88. The van der Waals surface area contributed by atoms with Gasteiger partial charge in [-0.25, -0.2) is 4.79 Å². The highest BCUT2D eigenvalue weighted by Gasteiger charge is 2.53. The molecular formula is C23H23NO5. The Balaban J connectivity index is 1.79. The number of likely N-dealkylation sites (tertiary alicyclic amines) is 1. The highest BCUT2D eigenvalue weighted by Crippen LogP contribution is 2.31. The topological polar surface area (TPSA) is 76.1 Å². The molecule has 0 spiro atoms. The molecule has 150 valence electrons. The van der Waals surface area contributed by atoms with Crippen LogP contribution in [0.5, 0.6) is 5.75 Å². The van der Waals surface area contributed by atoms with Gasteiger partial charge in [0.2, 0.25) is 6.10 Å². The largest absolute Gasteiger partial charge is 0.497 e. The van der Waals surface area contributed by atoms with Crippen molar-refractivity contribution in [1.82, 2.24) is 4.90 Å². The van der Waals surface area contributed by atoms with Gasteiger partial charge in [-0.1, -0.05) is 36.9 Å². The number of hydrogen-bond donors (Lipinski definition) is 1. The van der Waals surface area contributed by atoms with E-state index in [-0.39, 0.29) is 5.91 Å². The van der Waals surface area contributed by atoms with E-state index < -0.39 is 24.2 Å². The third-order valence-corrected chi connectivity index (χ3v) is 5.00. The van der Waals surface area contributed by atoms with Crippen molar-refractivity contribution >= 4 is 11.9 Å². The van der Waals surface area contributed by atoms with Crippen LogP contribution in [0.4, 0.5) is 0 Å². The minimum Gasteiger partial charge on any atom is -0.497 e. The summed E-state index contributed by atoms with van der Waals surface area (Å²) in [4.78, 5) is 26.8. The monoisotopic (exact) mass is 393 g/mol. The van der Waals surface area contributed by atoms with Gasteiger partial charge in [0.1, 0.15) is 17.9 Å². The molecule has 3 rings (SSSR count). The van der Waals surface area contributed by atoms with E-state index in [2.05, 4.69) is 12.3 Å². The second-order valence-corrected chi connectivity index (χ2v) is 6.80. The second kappa shape index (κ2) is 8.78. The molecule has 1 aliphatic rings. The maximum atomic E-state index is 12.7. The van der Waals surface area contributed by atoms with E-state index in [4.69, 9.17) is 9.47 Å². The lowest BCUT2D eigenvalue weighted by Gasteiger charge is -2.48. The first-order chi connectivity index (χ1) is 14.0. The number of methoxy groups -OCH3 is 1. The molecular weight excluding hydrogens is 370 g/mol. The first-order valence-electron chi connectivity index (χ1n) is 9.20. The van der Waals surface area contributed by atoms with E-state index in [1.807, 2.05) is 30.3 Å². The highest BCUT2D eigenvalue weighted by molar-refractivity contribution is 5.95. The summed E-state index contributed by atoms with van der Waals surface area (Å²) in [5.41, 5.74) is 4.34. The standard InChI is InChI=1S/C23H23NO5/c1-4-15(2)20(25)19-21(22(26)24(19)14-16-8-6-5-7-9-16)29-23(27)17-10-12-18(28-3)13-11-17/h5-13,19-21,25H,1,14H2,2-3H3/t19-,20+,21+/m0/s1. The van der Waals surface area contributed by atoms with Gasteiger partial charge in [0, 0.05) is 6.54 Å². The average Bonchev–Trinajstić information content (AvgIpc) is 2.77. The maximum absolute atomic E-state index is 12.7. The van der Waals surface area contributed by atoms with Gasteiger partial charge in [-0.05, 0) is 42.3 Å². The van der Waals surface area contributed by atoms with Gasteiger partial charge in [0.25, 0.3) is 5.91 Å². The number of hydrogen-bond acceptors (Lipinski definition) is 5. The molecule has 1 aliphatic heterocycles. The number of aliphatic hydroxyl groups excluding tert-OH is 1. The number of β-lactam (4-membered cyclic amide) rings is 1. The minimum absolute atomic E-state index is 0.296. The van der Waals surface area contributed by atoms with Crippen LogP contribution in [0, 0.1) is 0 Å². The fourth-order valence-electron chi connectivity index (χ4n) is 3.23. The summed E-state index contributed by atoms with van der Waals surface area (Å²) >= 11 is 0. The fourth-order valence-corrected chi connectivity index (χ4v) is 3.23. The molecule has 1 amide bonds. The number of aliphatic hydroxyl groups is 1. The van der Waals surface area contributed by atoms with Crippen LogP contribution in [0.2, 0.25) is 0 Å². The molecule has 0 aromatic heterocycles. The van der Waals surface area contributed by atoms with E-state index in [1.165, 1.54) is 12.0 Å². The number of amides is 1. The lowest BCUT2D eigenvalue weighted by molar-refractivity contribution is -0.176. The zero-order valence-electron chi connectivity index (χ0n) is 16.4. The number of nitrogens with zero attached hydrogens (tertiary/aromatic N) is 1. The molecule has 1 N–H and O–H groups in total. The Kier molecular flexibility index (Phi) is 6.17. The molecule has 2 aromatic carbocycles. The number of esters is 1. The quantitative estimate of drug-likeness (QED) is 0.445. The molecule has 0 unspecified atom stereocenters. The molecule has 0 aliphatic carbocycles. The zero-order valence-corrected chi connectivity index (χ0v) is 16.4. The Morgan fingerprint density at radius 1 is 1.21 bits per heavy atom. The van der Waals surface area contributed by atoms with Gasteiger partial charge in [0.05, 0.1) is 12.7 Å². The van der Waals surface area contributed by atoms with Crippen LogP contribution in [0.1, 0.15) is 22.8 Å². The van der Waals surface area contributed by atoms with Gasteiger partial charge >= 0.3 is 5.97 Å². The normalized spacial score (nSPS) is 19.0. The summed E-state index contributed by atoms with van der Waals surface area (Å²) < 4.78 is 10.5. The van der Waals surface area contributed by atoms with Crippen LogP contribution in [0.3, 0.4) is 0 Å². The Bertz CT molecular complexity index is 932. The van der Waals surface area contributed by atoms with Crippen molar-refractivity contribution in [2.75, 3.05) is 7.11 Å². The Morgan fingerprint density at radius 3 is 2.45 bits per heavy atom. The van der Waals surface area contributed by atoms with E-state index >= 15 is 0 Å². The first-order valence-corrected chi connectivity index (χ1v) is 9.20. The predicted molar refractivity (Wildman–Crippen MR) is 107 cm³/mol. The Labute approximate surface area is 169 Å². The van der Waals surface area contributed by atoms with Gasteiger partial charge in [-0.15, -0.1) is 5.73 Å². The minimum atomic E-state index is -1.08. The van der Waals surface area contributed by atoms with Crippen molar-refractivity contribution in [3.63, 3.8) is 0 Å². The van der Waals surface area contributed by atoms with Crippen LogP contribution >= 0.6 is 0 Å². The summed E-state index contributed by atoms with van der Waals surface area (Å²) in [5, 5.41) is 10.7. The zero-order chi connectivity index (χ0) is 21.0. The summed E-state index contributed by atoms with van der Waals surface area (Å²) in [7, 11) is 1.53. The third kappa shape index (κ3) is 4.24. The first kappa shape index (κ1) is 20.4. The van der Waals surface area contributed by atoms with Gasteiger partial charge in [0.15, 0.2) is 0 Å². The smallest absolute Gasteiger partial charge is 0.338 e. The number of carbonyl (C=O) groups is 2. The van der Waals surface area contributed by atoms with E-state index in [1.54, 1.807) is 31.2 Å². The van der Waals surface area contributed by atoms with Crippen molar-refractivity contribution in [1.29, 1.82) is 0 Å². The molecule has 1 saturated heterocycles. The molecule has 0 saturated carbocycles. The van der Waals surface area contributed by atoms with Crippen molar-refractivity contribution in [3.8, 4) is 5.75 Å². The van der Waals surface area contributed by atoms with Gasteiger partial charge in [-0.3, -0.25) is 4.79 Å². The molecule has 0 radical (unpaired) electrons. The van der Waals surface area contributed by atoms with E-state index in [0.717, 1.165) is 5.56 Å². The second-order valence-electron chi connectivity index (χ2n) is 6.80. The number of rotatable bonds is 7. The molecule has 1 heterocycles. The SMILES string of the molecule is C=C=C(C)[C@@H](O)[C@H]1[C@@H](OC(=O)c2ccc(OC)cc2)C(=O)N1Cc1ccccc1. The molecule has 0 bridgehead atoms. The van der Waals surface area contributed by atoms with Crippen LogP contribution in [-0.2, 0) is 16.1 Å². The predicted octanol–water partition coefficient (Wildman–Crippen LogP) is 2.72. The van der Waals surface area contributed by atoms with Gasteiger partial charge < -0.3 is 19.5 Å². The summed E-state index contributed by atoms with van der Waals surface area (Å²) in [6, 6.07) is 15.1. The maximum Gasteiger partial charge on any atom is 0.338 e. The van der Waals surface area contributed by atoms with Crippen LogP contribution in [-0.4, -0.2) is 47.2 Å². The van der Waals surface area contributed by atoms with Crippen LogP contribution < -0.4 is 4.74 Å². The number of ether oxygens (including phenoxy) is 2. The van der Waals surface area contributed by atoms with E-state index in [0.29, 0.717) is 23.4 Å². The average molecular weight is 393 g/mol. The summed E-state index contributed by atoms with van der Waals surface area (Å²) in [6.45, 7) is 5.53. The molecule has 3 atom stereocenters. The van der Waals surface area contributed by atoms with Crippen molar-refractivity contribution < 1.29 is 24.2 Å². The van der Waals surface area contributed by atoms with Gasteiger partial charge in [-0.2, -0.15) is 0 Å². The lowest BCUT2D eigenvalue weighted by Crippen LogP contribution is -2.69. The Morgan fingerprint density at radius 2 is 1.86 bits per heavy atom. The van der Waals surface area contributed by atoms with Crippen LogP contribution in [0.15, 0.2) is 72.5 Å². The Hall–Kier alpha value is -3.34. The summed E-state index contributed by atoms with van der Waals surface area (Å²) in [6.07, 6.45) is -2.12. The molecule has 1 fully saturated rings.